The minimum atomic E-state index is 0.166. The van der Waals surface area contributed by atoms with Gasteiger partial charge in [-0.15, -0.1) is 0 Å². The van der Waals surface area contributed by atoms with Gasteiger partial charge in [0.05, 0.1) is 6.04 Å². The van der Waals surface area contributed by atoms with Crippen LogP contribution in [0.25, 0.3) is 4.85 Å². The molecule has 272 valence electrons. The van der Waals surface area contributed by atoms with E-state index in [0.29, 0.717) is 40.8 Å². The second-order valence-electron chi connectivity index (χ2n) is 20.1. The van der Waals surface area contributed by atoms with Crippen LogP contribution in [0.5, 0.6) is 0 Å². The molecule has 2 atom stereocenters. The third-order valence-electron chi connectivity index (χ3n) is 10.2. The van der Waals surface area contributed by atoms with E-state index in [-0.39, 0.29) is 11.1 Å². The van der Waals surface area contributed by atoms with E-state index in [9.17, 15) is 0 Å². The lowest BCUT2D eigenvalue weighted by Gasteiger charge is -2.50. The molecule has 7 nitrogen and oxygen atoms in total. The van der Waals surface area contributed by atoms with E-state index in [0.717, 1.165) is 19.6 Å². The van der Waals surface area contributed by atoms with Crippen molar-refractivity contribution in [2.75, 3.05) is 72.0 Å². The molecular formula is C39H81N7. The smallest absolute Gasteiger partial charge is 0.231 e. The molecule has 0 spiro atoms. The topological polar surface area (TPSA) is 23.8 Å². The first-order valence-corrected chi connectivity index (χ1v) is 18.4. The van der Waals surface area contributed by atoms with Crippen LogP contribution in [0.2, 0.25) is 0 Å². The zero-order valence-electron chi connectivity index (χ0n) is 34.6. The number of nitrogens with zero attached hydrogens (tertiary/aromatic N) is 7. The van der Waals surface area contributed by atoms with Crippen LogP contribution in [0.1, 0.15) is 132 Å². The Labute approximate surface area is 289 Å². The van der Waals surface area contributed by atoms with Crippen molar-refractivity contribution in [2.45, 2.75) is 177 Å². The van der Waals surface area contributed by atoms with Gasteiger partial charge in [0, 0.05) is 105 Å². The van der Waals surface area contributed by atoms with Gasteiger partial charge in [0.25, 0.3) is 0 Å². The van der Waals surface area contributed by atoms with Gasteiger partial charge in [-0.3, -0.25) is 29.4 Å². The average molecular weight is 648 g/mol. The number of rotatable bonds is 1. The molecule has 7 heteroatoms. The van der Waals surface area contributed by atoms with Crippen molar-refractivity contribution in [3.05, 3.63) is 11.4 Å². The van der Waals surface area contributed by atoms with Crippen molar-refractivity contribution < 1.29 is 0 Å². The number of hydrogen-bond acceptors (Lipinski definition) is 6. The minimum Gasteiger partial charge on any atom is -0.315 e. The van der Waals surface area contributed by atoms with Crippen molar-refractivity contribution in [3.63, 3.8) is 0 Å². The minimum absolute atomic E-state index is 0.166. The monoisotopic (exact) mass is 648 g/mol. The van der Waals surface area contributed by atoms with Crippen LogP contribution in [0, 0.1) is 6.57 Å². The van der Waals surface area contributed by atoms with E-state index in [1.54, 1.807) is 0 Å². The predicted octanol–water partition coefficient (Wildman–Crippen LogP) is 7.28. The van der Waals surface area contributed by atoms with E-state index in [2.05, 4.69) is 166 Å². The van der Waals surface area contributed by atoms with Crippen molar-refractivity contribution in [2.24, 2.45) is 0 Å². The lowest BCUT2D eigenvalue weighted by molar-refractivity contribution is -0.0162. The second kappa shape index (κ2) is 16.3. The van der Waals surface area contributed by atoms with E-state index in [4.69, 9.17) is 6.57 Å². The molecule has 3 saturated heterocycles. The Morgan fingerprint density at radius 3 is 1.02 bits per heavy atom. The van der Waals surface area contributed by atoms with E-state index >= 15 is 0 Å². The van der Waals surface area contributed by atoms with Crippen LogP contribution in [-0.2, 0) is 0 Å². The summed E-state index contributed by atoms with van der Waals surface area (Å²) in [4.78, 5) is 19.0. The molecule has 46 heavy (non-hydrogen) atoms. The molecule has 0 unspecified atom stereocenters. The first-order chi connectivity index (χ1) is 20.5. The summed E-state index contributed by atoms with van der Waals surface area (Å²) in [5, 5.41) is 0. The van der Waals surface area contributed by atoms with Gasteiger partial charge in [0.1, 0.15) is 0 Å². The fraction of sp³-hybridized carbons (Fsp3) is 0.974. The van der Waals surface area contributed by atoms with Crippen LogP contribution in [0.15, 0.2) is 0 Å². The molecule has 0 bridgehead atoms. The highest BCUT2D eigenvalue weighted by Crippen LogP contribution is 2.26. The quantitative estimate of drug-likeness (QED) is 0.278. The van der Waals surface area contributed by atoms with Gasteiger partial charge < -0.3 is 4.85 Å². The molecule has 3 heterocycles. The SMILES string of the molecule is CC(C)(C)N1CCN(C(C)(C)C)CC1.C[C@H]1CN(C(C)(C)C)CCN1C(C)(C)C.[C-]#[N+]C[C@H]1CN(C(C)(C)C)CCN1C(C)(C)C. The van der Waals surface area contributed by atoms with Crippen LogP contribution in [-0.4, -0.2) is 147 Å². The lowest BCUT2D eigenvalue weighted by Crippen LogP contribution is -2.63. The maximum Gasteiger partial charge on any atom is 0.231 e. The Hall–Kier alpha value is -0.750. The van der Waals surface area contributed by atoms with E-state index < -0.39 is 0 Å². The largest absolute Gasteiger partial charge is 0.315 e. The summed E-state index contributed by atoms with van der Waals surface area (Å²) in [6.45, 7) is 63.0. The normalized spacial score (nSPS) is 24.8. The fourth-order valence-electron chi connectivity index (χ4n) is 7.22. The highest BCUT2D eigenvalue weighted by Gasteiger charge is 2.39. The number of piperazine rings is 3. The molecule has 3 aliphatic heterocycles. The maximum atomic E-state index is 7.14. The molecule has 3 rings (SSSR count). The van der Waals surface area contributed by atoms with Gasteiger partial charge in [-0.2, -0.15) is 0 Å². The Balaban J connectivity index is 0.000000347. The Kier molecular flexibility index (Phi) is 15.3. The predicted molar refractivity (Wildman–Crippen MR) is 203 cm³/mol. The van der Waals surface area contributed by atoms with Crippen molar-refractivity contribution in [3.8, 4) is 0 Å². The molecule has 0 aromatic carbocycles. The van der Waals surface area contributed by atoms with Gasteiger partial charge in [-0.05, 0) is 132 Å². The highest BCUT2D eigenvalue weighted by atomic mass is 15.3. The maximum absolute atomic E-state index is 7.14. The second-order valence-corrected chi connectivity index (χ2v) is 20.1. The van der Waals surface area contributed by atoms with Crippen molar-refractivity contribution >= 4 is 0 Å². The van der Waals surface area contributed by atoms with Crippen molar-refractivity contribution in [1.82, 2.24) is 29.4 Å². The molecular weight excluding hydrogens is 566 g/mol. The molecule has 0 N–H and O–H groups in total. The first-order valence-electron chi connectivity index (χ1n) is 18.4. The Morgan fingerprint density at radius 2 is 0.739 bits per heavy atom. The Morgan fingerprint density at radius 1 is 0.435 bits per heavy atom. The summed E-state index contributed by atoms with van der Waals surface area (Å²) in [5.74, 6) is 0. The molecule has 3 aliphatic rings. The third kappa shape index (κ3) is 14.0. The van der Waals surface area contributed by atoms with E-state index in [1.165, 1.54) is 45.8 Å². The lowest BCUT2D eigenvalue weighted by atomic mass is 9.97. The van der Waals surface area contributed by atoms with Gasteiger partial charge in [-0.25, -0.2) is 6.57 Å². The molecule has 0 aliphatic carbocycles. The number of hydrogen-bond donors (Lipinski definition) is 0. The van der Waals surface area contributed by atoms with Gasteiger partial charge in [-0.1, -0.05) is 0 Å². The fourth-order valence-corrected chi connectivity index (χ4v) is 7.22. The summed E-state index contributed by atoms with van der Waals surface area (Å²) in [6, 6.07) is 1.04. The summed E-state index contributed by atoms with van der Waals surface area (Å²) in [5.41, 5.74) is 1.68. The summed E-state index contributed by atoms with van der Waals surface area (Å²) in [7, 11) is 0. The molecule has 3 fully saturated rings. The third-order valence-corrected chi connectivity index (χ3v) is 10.2. The molecule has 0 saturated carbocycles. The molecule has 0 aromatic rings. The van der Waals surface area contributed by atoms with Crippen molar-refractivity contribution in [1.29, 1.82) is 0 Å². The standard InChI is InChI=1S/C14H27N3.C13H28N2.C12H26N2/c1-13(2,3)16-8-9-17(14(4,5)6)12(11-16)10-15-7;1-11-10-14(12(2,3)4)8-9-15(11)13(5,6)7;1-11(2,3)13-7-9-14(10-8-13)12(4,5)6/h12H,8-11H2,1-6H3;11H,8-10H2,1-7H3;7-10H2,1-6H3/t12-;11-;/m00./s1. The Bertz CT molecular complexity index is 897. The summed E-state index contributed by atoms with van der Waals surface area (Å²) < 4.78 is 0. The van der Waals surface area contributed by atoms with E-state index in [1.807, 2.05) is 0 Å². The molecule has 0 amide bonds. The van der Waals surface area contributed by atoms with Crippen LogP contribution < -0.4 is 0 Å². The first kappa shape index (κ1) is 43.3. The van der Waals surface area contributed by atoms with Gasteiger partial charge in [0.15, 0.2) is 0 Å². The molecule has 0 radical (unpaired) electrons. The highest BCUT2D eigenvalue weighted by molar-refractivity contribution is 4.96. The van der Waals surface area contributed by atoms with Crippen LogP contribution in [0.3, 0.4) is 0 Å². The summed E-state index contributed by atoms with van der Waals surface area (Å²) in [6.07, 6.45) is 0. The molecule has 0 aromatic heterocycles. The van der Waals surface area contributed by atoms with Crippen LogP contribution >= 0.6 is 0 Å². The summed E-state index contributed by atoms with van der Waals surface area (Å²) >= 11 is 0. The van der Waals surface area contributed by atoms with Gasteiger partial charge >= 0.3 is 0 Å². The zero-order valence-corrected chi connectivity index (χ0v) is 34.6. The van der Waals surface area contributed by atoms with Gasteiger partial charge in [0.2, 0.25) is 6.54 Å². The van der Waals surface area contributed by atoms with Crippen LogP contribution in [0.4, 0.5) is 0 Å². The average Bonchev–Trinajstić information content (AvgIpc) is 2.86. The zero-order chi connectivity index (χ0) is 36.1.